The summed E-state index contributed by atoms with van der Waals surface area (Å²) in [7, 11) is 1.58. The average Bonchev–Trinajstić information content (AvgIpc) is 2.45. The van der Waals surface area contributed by atoms with Crippen molar-refractivity contribution in [3.8, 4) is 0 Å². The first kappa shape index (κ1) is 18.0. The quantitative estimate of drug-likeness (QED) is 0.685. The molecule has 0 fully saturated rings. The van der Waals surface area contributed by atoms with Crippen molar-refractivity contribution in [3.63, 3.8) is 0 Å². The molecule has 1 atom stereocenters. The molecule has 6 nitrogen and oxygen atoms in total. The summed E-state index contributed by atoms with van der Waals surface area (Å²) in [6.07, 6.45) is 0.356. The third-order valence-electron chi connectivity index (χ3n) is 3.23. The highest BCUT2D eigenvalue weighted by molar-refractivity contribution is 5.72. The molecular weight excluding hydrogens is 286 g/mol. The zero-order valence-corrected chi connectivity index (χ0v) is 13.0. The molecule has 22 heavy (non-hydrogen) atoms. The van der Waals surface area contributed by atoms with Gasteiger partial charge in [-0.3, -0.25) is 4.79 Å². The fourth-order valence-electron chi connectivity index (χ4n) is 2.14. The summed E-state index contributed by atoms with van der Waals surface area (Å²) in [5.74, 6) is -0.969. The van der Waals surface area contributed by atoms with Gasteiger partial charge in [-0.15, -0.1) is 0 Å². The molecule has 0 aromatic heterocycles. The van der Waals surface area contributed by atoms with Gasteiger partial charge in [-0.25, -0.2) is 4.79 Å². The number of carboxylic acid groups (broad SMARTS) is 1. The van der Waals surface area contributed by atoms with Gasteiger partial charge in [-0.1, -0.05) is 30.3 Å². The maximum absolute atomic E-state index is 11.9. The highest BCUT2D eigenvalue weighted by Gasteiger charge is 2.29. The van der Waals surface area contributed by atoms with Gasteiger partial charge >= 0.3 is 12.1 Å². The number of ether oxygens (including phenoxy) is 2. The van der Waals surface area contributed by atoms with Gasteiger partial charge in [-0.2, -0.15) is 0 Å². The average molecular weight is 309 g/mol. The monoisotopic (exact) mass is 309 g/mol. The molecule has 0 aliphatic heterocycles. The van der Waals surface area contributed by atoms with Crippen LogP contribution in [-0.4, -0.2) is 36.4 Å². The van der Waals surface area contributed by atoms with Gasteiger partial charge in [0.1, 0.15) is 6.61 Å². The Hall–Kier alpha value is -2.08. The van der Waals surface area contributed by atoms with Crippen LogP contribution in [0.1, 0.15) is 31.7 Å². The maximum Gasteiger partial charge on any atom is 0.407 e. The molecule has 6 heteroatoms. The van der Waals surface area contributed by atoms with Gasteiger partial charge in [0.15, 0.2) is 0 Å². The fraction of sp³-hybridized carbons (Fsp3) is 0.500. The van der Waals surface area contributed by atoms with E-state index in [1.807, 2.05) is 30.3 Å². The van der Waals surface area contributed by atoms with E-state index in [4.69, 9.17) is 14.6 Å². The second-order valence-electron chi connectivity index (χ2n) is 5.41. The van der Waals surface area contributed by atoms with Crippen LogP contribution in [-0.2, 0) is 20.9 Å². The van der Waals surface area contributed by atoms with E-state index in [1.54, 1.807) is 14.0 Å². The lowest BCUT2D eigenvalue weighted by Gasteiger charge is -2.28. The first-order valence-electron chi connectivity index (χ1n) is 7.15. The van der Waals surface area contributed by atoms with Crippen LogP contribution in [0.5, 0.6) is 0 Å². The molecule has 0 saturated heterocycles. The number of hydrogen-bond donors (Lipinski definition) is 2. The summed E-state index contributed by atoms with van der Waals surface area (Å²) in [6, 6.07) is 9.29. The van der Waals surface area contributed by atoms with E-state index in [2.05, 4.69) is 5.32 Å². The fourth-order valence-corrected chi connectivity index (χ4v) is 2.14. The minimum atomic E-state index is -0.969. The summed E-state index contributed by atoms with van der Waals surface area (Å²) in [4.78, 5) is 22.9. The number of hydrogen-bond acceptors (Lipinski definition) is 4. The molecule has 0 aliphatic rings. The molecule has 1 aromatic rings. The summed E-state index contributed by atoms with van der Waals surface area (Å²) in [6.45, 7) is 2.35. The molecule has 1 unspecified atom stereocenters. The Labute approximate surface area is 130 Å². The number of benzene rings is 1. The Bertz CT molecular complexity index is 477. The molecule has 0 heterocycles. The molecule has 0 bridgehead atoms. The Morgan fingerprint density at radius 2 is 1.95 bits per heavy atom. The van der Waals surface area contributed by atoms with Crippen molar-refractivity contribution in [1.29, 1.82) is 0 Å². The van der Waals surface area contributed by atoms with Crippen LogP contribution in [0.3, 0.4) is 0 Å². The van der Waals surface area contributed by atoms with E-state index in [1.165, 1.54) is 0 Å². The Morgan fingerprint density at radius 1 is 1.27 bits per heavy atom. The van der Waals surface area contributed by atoms with Crippen molar-refractivity contribution in [2.24, 2.45) is 0 Å². The van der Waals surface area contributed by atoms with E-state index in [-0.39, 0.29) is 13.0 Å². The van der Waals surface area contributed by atoms with Gasteiger partial charge in [0.25, 0.3) is 0 Å². The molecule has 0 saturated carbocycles. The summed E-state index contributed by atoms with van der Waals surface area (Å²) < 4.78 is 10.1. The van der Waals surface area contributed by atoms with Gasteiger partial charge in [0.05, 0.1) is 12.0 Å². The number of rotatable bonds is 9. The highest BCUT2D eigenvalue weighted by atomic mass is 16.5. The zero-order chi connectivity index (χ0) is 16.4. The largest absolute Gasteiger partial charge is 0.481 e. The van der Waals surface area contributed by atoms with E-state index in [0.29, 0.717) is 19.4 Å². The van der Waals surface area contributed by atoms with Crippen molar-refractivity contribution in [2.75, 3.05) is 13.7 Å². The molecule has 1 rings (SSSR count). The van der Waals surface area contributed by atoms with Crippen LogP contribution < -0.4 is 5.32 Å². The third-order valence-corrected chi connectivity index (χ3v) is 3.23. The second-order valence-corrected chi connectivity index (χ2v) is 5.41. The SMILES string of the molecule is COCCCC(C)(CC(=O)O)NC(=O)OCc1ccccc1. The number of amides is 1. The van der Waals surface area contributed by atoms with Crippen molar-refractivity contribution in [1.82, 2.24) is 5.32 Å². The normalized spacial score (nSPS) is 13.2. The van der Waals surface area contributed by atoms with E-state index in [9.17, 15) is 9.59 Å². The summed E-state index contributed by atoms with van der Waals surface area (Å²) in [5, 5.41) is 11.7. The minimum Gasteiger partial charge on any atom is -0.481 e. The number of methoxy groups -OCH3 is 1. The van der Waals surface area contributed by atoms with Crippen LogP contribution in [0.15, 0.2) is 30.3 Å². The lowest BCUT2D eigenvalue weighted by Crippen LogP contribution is -2.47. The minimum absolute atomic E-state index is 0.147. The number of alkyl carbamates (subject to hydrolysis) is 1. The predicted molar refractivity (Wildman–Crippen MR) is 81.5 cm³/mol. The van der Waals surface area contributed by atoms with Gasteiger partial charge in [-0.05, 0) is 25.3 Å². The predicted octanol–water partition coefficient (Wildman–Crippen LogP) is 2.57. The molecule has 0 aliphatic carbocycles. The molecule has 1 amide bonds. The van der Waals surface area contributed by atoms with Crippen LogP contribution in [0.25, 0.3) is 0 Å². The van der Waals surface area contributed by atoms with E-state index < -0.39 is 17.6 Å². The van der Waals surface area contributed by atoms with E-state index in [0.717, 1.165) is 5.56 Å². The van der Waals surface area contributed by atoms with Crippen LogP contribution in [0.2, 0.25) is 0 Å². The van der Waals surface area contributed by atoms with Crippen LogP contribution >= 0.6 is 0 Å². The Balaban J connectivity index is 2.52. The number of carbonyl (C=O) groups excluding carboxylic acids is 1. The van der Waals surface area contributed by atoms with Gasteiger partial charge in [0.2, 0.25) is 0 Å². The lowest BCUT2D eigenvalue weighted by atomic mass is 9.92. The maximum atomic E-state index is 11.9. The second kappa shape index (κ2) is 9.04. The van der Waals surface area contributed by atoms with Gasteiger partial charge in [0, 0.05) is 13.7 Å². The molecule has 0 radical (unpaired) electrons. The first-order valence-corrected chi connectivity index (χ1v) is 7.15. The summed E-state index contributed by atoms with van der Waals surface area (Å²) in [5.41, 5.74) is 0.00923. The topological polar surface area (TPSA) is 84.9 Å². The Morgan fingerprint density at radius 3 is 2.55 bits per heavy atom. The number of aliphatic carboxylic acids is 1. The number of carbonyl (C=O) groups is 2. The number of carboxylic acids is 1. The lowest BCUT2D eigenvalue weighted by molar-refractivity contribution is -0.138. The molecule has 2 N–H and O–H groups in total. The zero-order valence-electron chi connectivity index (χ0n) is 13.0. The van der Waals surface area contributed by atoms with Crippen molar-refractivity contribution >= 4 is 12.1 Å². The molecule has 1 aromatic carbocycles. The van der Waals surface area contributed by atoms with Crippen LogP contribution in [0, 0.1) is 0 Å². The highest BCUT2D eigenvalue weighted by Crippen LogP contribution is 2.18. The standard InChI is InChI=1S/C16H23NO5/c1-16(11-14(18)19,9-6-10-21-2)17-15(20)22-12-13-7-4-3-5-8-13/h3-5,7-8H,6,9-12H2,1-2H3,(H,17,20)(H,18,19). The van der Waals surface area contributed by atoms with Crippen molar-refractivity contribution in [3.05, 3.63) is 35.9 Å². The number of nitrogens with one attached hydrogen (secondary N) is 1. The molecule has 122 valence electrons. The van der Waals surface area contributed by atoms with E-state index >= 15 is 0 Å². The third kappa shape index (κ3) is 7.08. The van der Waals surface area contributed by atoms with Crippen molar-refractivity contribution in [2.45, 2.75) is 38.3 Å². The summed E-state index contributed by atoms with van der Waals surface area (Å²) >= 11 is 0. The van der Waals surface area contributed by atoms with Crippen molar-refractivity contribution < 1.29 is 24.2 Å². The van der Waals surface area contributed by atoms with Crippen LogP contribution in [0.4, 0.5) is 4.79 Å². The van der Waals surface area contributed by atoms with Gasteiger partial charge < -0.3 is 19.9 Å². The smallest absolute Gasteiger partial charge is 0.407 e. The Kier molecular flexibility index (Phi) is 7.39. The molecular formula is C16H23NO5. The molecule has 0 spiro atoms. The first-order chi connectivity index (χ1) is 10.4.